The molecule has 1 heterocycles. The topological polar surface area (TPSA) is 41.6 Å². The van der Waals surface area contributed by atoms with Crippen LogP contribution in [0.4, 0.5) is 0 Å². The molecule has 1 aliphatic rings. The summed E-state index contributed by atoms with van der Waals surface area (Å²) in [6.45, 7) is 8.42. The van der Waals surface area contributed by atoms with E-state index in [2.05, 4.69) is 12.2 Å². The van der Waals surface area contributed by atoms with E-state index in [0.29, 0.717) is 28.9 Å². The van der Waals surface area contributed by atoms with Gasteiger partial charge in [-0.05, 0) is 56.5 Å². The average Bonchev–Trinajstić information content (AvgIpc) is 2.58. The van der Waals surface area contributed by atoms with Gasteiger partial charge in [0.15, 0.2) is 0 Å². The summed E-state index contributed by atoms with van der Waals surface area (Å²) in [6, 6.07) is 5.29. The standard InChI is InChI=1S/C18H27ClN2O2/c1-3-11-23-17-6-5-15(19)12-16(17)18(22)21-9-7-14(8-10-21)13-20-4-2/h5-6,12,14,20H,3-4,7-11,13H2,1-2H3. The number of hydrogen-bond donors (Lipinski definition) is 1. The quantitative estimate of drug-likeness (QED) is 0.826. The molecule has 1 aromatic carbocycles. The van der Waals surface area contributed by atoms with E-state index in [4.69, 9.17) is 16.3 Å². The molecule has 2 rings (SSSR count). The molecule has 0 aliphatic carbocycles. The van der Waals surface area contributed by atoms with Crippen molar-refractivity contribution >= 4 is 17.5 Å². The first-order valence-corrected chi connectivity index (χ1v) is 8.95. The number of nitrogens with one attached hydrogen (secondary N) is 1. The second-order valence-electron chi connectivity index (χ2n) is 6.03. The number of likely N-dealkylation sites (tertiary alicyclic amines) is 1. The highest BCUT2D eigenvalue weighted by molar-refractivity contribution is 6.31. The molecule has 5 heteroatoms. The molecule has 1 aliphatic heterocycles. The predicted octanol–water partition coefficient (Wildman–Crippen LogP) is 3.59. The number of benzene rings is 1. The average molecular weight is 339 g/mol. The van der Waals surface area contributed by atoms with Gasteiger partial charge in [0.2, 0.25) is 0 Å². The second kappa shape index (κ2) is 9.14. The summed E-state index contributed by atoms with van der Waals surface area (Å²) in [5, 5.41) is 3.96. The van der Waals surface area contributed by atoms with E-state index in [-0.39, 0.29) is 5.91 Å². The number of piperidine rings is 1. The fraction of sp³-hybridized carbons (Fsp3) is 0.611. The van der Waals surface area contributed by atoms with Crippen molar-refractivity contribution in [2.75, 3.05) is 32.8 Å². The van der Waals surface area contributed by atoms with Gasteiger partial charge in [0.1, 0.15) is 5.75 Å². The maximum atomic E-state index is 12.8. The zero-order chi connectivity index (χ0) is 16.7. The number of rotatable bonds is 7. The van der Waals surface area contributed by atoms with Crippen LogP contribution >= 0.6 is 11.6 Å². The Morgan fingerprint density at radius 3 is 2.74 bits per heavy atom. The molecule has 0 saturated carbocycles. The number of amides is 1. The van der Waals surface area contributed by atoms with Gasteiger partial charge in [-0.1, -0.05) is 25.4 Å². The first-order chi connectivity index (χ1) is 11.2. The SMILES string of the molecule is CCCOc1ccc(Cl)cc1C(=O)N1CCC(CNCC)CC1. The highest BCUT2D eigenvalue weighted by atomic mass is 35.5. The number of nitrogens with zero attached hydrogens (tertiary/aromatic N) is 1. The molecule has 0 radical (unpaired) electrons. The van der Waals surface area contributed by atoms with E-state index in [1.54, 1.807) is 18.2 Å². The Bertz CT molecular complexity index is 514. The lowest BCUT2D eigenvalue weighted by atomic mass is 9.96. The molecule has 1 amide bonds. The van der Waals surface area contributed by atoms with Crippen molar-refractivity contribution in [2.45, 2.75) is 33.1 Å². The third kappa shape index (κ3) is 5.11. The fourth-order valence-electron chi connectivity index (χ4n) is 2.87. The molecule has 1 fully saturated rings. The molecular formula is C18H27ClN2O2. The van der Waals surface area contributed by atoms with Crippen molar-refractivity contribution in [3.8, 4) is 5.75 Å². The minimum atomic E-state index is 0.0282. The van der Waals surface area contributed by atoms with Gasteiger partial charge >= 0.3 is 0 Å². The Balaban J connectivity index is 2.01. The monoisotopic (exact) mass is 338 g/mol. The minimum absolute atomic E-state index is 0.0282. The summed E-state index contributed by atoms with van der Waals surface area (Å²) >= 11 is 6.08. The maximum absolute atomic E-state index is 12.8. The number of ether oxygens (including phenoxy) is 1. The number of carbonyl (C=O) groups is 1. The Hall–Kier alpha value is -1.26. The highest BCUT2D eigenvalue weighted by Gasteiger charge is 2.25. The minimum Gasteiger partial charge on any atom is -0.493 e. The van der Waals surface area contributed by atoms with E-state index in [1.165, 1.54) is 0 Å². The van der Waals surface area contributed by atoms with Gasteiger partial charge in [0.05, 0.1) is 12.2 Å². The molecule has 1 aromatic rings. The van der Waals surface area contributed by atoms with E-state index in [0.717, 1.165) is 45.4 Å². The summed E-state index contributed by atoms with van der Waals surface area (Å²) in [4.78, 5) is 14.8. The van der Waals surface area contributed by atoms with Crippen LogP contribution in [0.5, 0.6) is 5.75 Å². The van der Waals surface area contributed by atoms with Gasteiger partial charge in [-0.2, -0.15) is 0 Å². The van der Waals surface area contributed by atoms with Crippen LogP contribution in [-0.4, -0.2) is 43.6 Å². The smallest absolute Gasteiger partial charge is 0.257 e. The van der Waals surface area contributed by atoms with Crippen LogP contribution in [0.2, 0.25) is 5.02 Å². The lowest BCUT2D eigenvalue weighted by molar-refractivity contribution is 0.0686. The zero-order valence-corrected chi connectivity index (χ0v) is 14.9. The van der Waals surface area contributed by atoms with Crippen molar-refractivity contribution in [3.05, 3.63) is 28.8 Å². The molecule has 23 heavy (non-hydrogen) atoms. The highest BCUT2D eigenvalue weighted by Crippen LogP contribution is 2.26. The van der Waals surface area contributed by atoms with Gasteiger partial charge in [0, 0.05) is 18.1 Å². The number of hydrogen-bond acceptors (Lipinski definition) is 3. The Morgan fingerprint density at radius 2 is 2.09 bits per heavy atom. The summed E-state index contributed by atoms with van der Waals surface area (Å²) in [5.41, 5.74) is 0.580. The van der Waals surface area contributed by atoms with Crippen molar-refractivity contribution in [3.63, 3.8) is 0 Å². The van der Waals surface area contributed by atoms with Gasteiger partial charge in [-0.25, -0.2) is 0 Å². The Kier molecular flexibility index (Phi) is 7.18. The van der Waals surface area contributed by atoms with Gasteiger partial charge in [-0.3, -0.25) is 4.79 Å². The van der Waals surface area contributed by atoms with Crippen LogP contribution < -0.4 is 10.1 Å². The van der Waals surface area contributed by atoms with Crippen molar-refractivity contribution < 1.29 is 9.53 Å². The van der Waals surface area contributed by atoms with E-state index >= 15 is 0 Å². The first-order valence-electron chi connectivity index (χ1n) is 8.58. The molecule has 0 aromatic heterocycles. The number of halogens is 1. The zero-order valence-electron chi connectivity index (χ0n) is 14.1. The summed E-state index contributed by atoms with van der Waals surface area (Å²) in [6.07, 6.45) is 3.00. The lowest BCUT2D eigenvalue weighted by Crippen LogP contribution is -2.40. The first kappa shape index (κ1) is 18.1. The van der Waals surface area contributed by atoms with Gasteiger partial charge < -0.3 is 15.0 Å². The van der Waals surface area contributed by atoms with E-state index in [9.17, 15) is 4.79 Å². The molecule has 0 spiro atoms. The molecule has 1 saturated heterocycles. The molecule has 0 bridgehead atoms. The summed E-state index contributed by atoms with van der Waals surface area (Å²) in [7, 11) is 0. The largest absolute Gasteiger partial charge is 0.493 e. The fourth-order valence-corrected chi connectivity index (χ4v) is 3.04. The Labute approximate surface area is 144 Å². The van der Waals surface area contributed by atoms with Crippen LogP contribution in [0, 0.1) is 5.92 Å². The normalized spacial score (nSPS) is 15.7. The van der Waals surface area contributed by atoms with Crippen molar-refractivity contribution in [1.29, 1.82) is 0 Å². The Morgan fingerprint density at radius 1 is 1.35 bits per heavy atom. The van der Waals surface area contributed by atoms with Crippen molar-refractivity contribution in [2.24, 2.45) is 5.92 Å². The van der Waals surface area contributed by atoms with Crippen molar-refractivity contribution in [1.82, 2.24) is 10.2 Å². The second-order valence-corrected chi connectivity index (χ2v) is 6.47. The third-order valence-electron chi connectivity index (χ3n) is 4.22. The van der Waals surface area contributed by atoms with Crippen LogP contribution in [0.3, 0.4) is 0 Å². The predicted molar refractivity (Wildman–Crippen MR) is 94.4 cm³/mol. The molecular weight excluding hydrogens is 312 g/mol. The third-order valence-corrected chi connectivity index (χ3v) is 4.45. The van der Waals surface area contributed by atoms with Crippen LogP contribution in [-0.2, 0) is 0 Å². The molecule has 1 N–H and O–H groups in total. The molecule has 128 valence electrons. The van der Waals surface area contributed by atoms with Crippen LogP contribution in [0.15, 0.2) is 18.2 Å². The van der Waals surface area contributed by atoms with Gasteiger partial charge in [0.25, 0.3) is 5.91 Å². The van der Waals surface area contributed by atoms with Crippen LogP contribution in [0.1, 0.15) is 43.5 Å². The van der Waals surface area contributed by atoms with E-state index in [1.807, 2.05) is 11.8 Å². The number of carbonyl (C=O) groups excluding carboxylic acids is 1. The molecule has 4 nitrogen and oxygen atoms in total. The summed E-state index contributed by atoms with van der Waals surface area (Å²) in [5.74, 6) is 1.32. The summed E-state index contributed by atoms with van der Waals surface area (Å²) < 4.78 is 5.71. The van der Waals surface area contributed by atoms with Gasteiger partial charge in [-0.15, -0.1) is 0 Å². The lowest BCUT2D eigenvalue weighted by Gasteiger charge is -2.32. The molecule has 0 atom stereocenters. The van der Waals surface area contributed by atoms with Crippen LogP contribution in [0.25, 0.3) is 0 Å². The molecule has 0 unspecified atom stereocenters. The maximum Gasteiger partial charge on any atom is 0.257 e. The van der Waals surface area contributed by atoms with E-state index < -0.39 is 0 Å².